The molecule has 0 aromatic rings. The van der Waals surface area contributed by atoms with Crippen LogP contribution in [0.2, 0.25) is 0 Å². The summed E-state index contributed by atoms with van der Waals surface area (Å²) >= 11 is 1.01. The van der Waals surface area contributed by atoms with Crippen molar-refractivity contribution in [3.8, 4) is 0 Å². The second kappa shape index (κ2) is 10.4. The first-order valence-corrected chi connectivity index (χ1v) is 8.74. The number of carbonyl (C=O) groups is 1. The lowest BCUT2D eigenvalue weighted by atomic mass is 10.4. The molecule has 0 bridgehead atoms. The average molecular weight is 314 g/mol. The molecule has 114 valence electrons. The highest BCUT2D eigenvalue weighted by atomic mass is 32.2. The molecule has 19 heavy (non-hydrogen) atoms. The third-order valence-corrected chi connectivity index (χ3v) is 4.69. The Morgan fingerprint density at radius 1 is 1.32 bits per heavy atom. The quantitative estimate of drug-likeness (QED) is 0.364. The van der Waals surface area contributed by atoms with Crippen molar-refractivity contribution in [2.24, 2.45) is 5.14 Å². The highest BCUT2D eigenvalue weighted by Gasteiger charge is 2.10. The molecule has 7 nitrogen and oxygen atoms in total. The van der Waals surface area contributed by atoms with Gasteiger partial charge >= 0.3 is 5.97 Å². The first-order chi connectivity index (χ1) is 8.87. The van der Waals surface area contributed by atoms with Crippen molar-refractivity contribution >= 4 is 27.8 Å². The Labute approximate surface area is 118 Å². The Morgan fingerprint density at radius 3 is 2.58 bits per heavy atom. The van der Waals surface area contributed by atoms with E-state index in [-0.39, 0.29) is 24.5 Å². The molecule has 3 N–H and O–H groups in total. The predicted octanol–water partition coefficient (Wildman–Crippen LogP) is -0.569. The van der Waals surface area contributed by atoms with Gasteiger partial charge in [0, 0.05) is 18.8 Å². The van der Waals surface area contributed by atoms with E-state index >= 15 is 0 Å². The van der Waals surface area contributed by atoms with Crippen LogP contribution in [-0.4, -0.2) is 75.0 Å². The molecule has 0 spiro atoms. The molecule has 9 heteroatoms. The molecule has 0 aliphatic carbocycles. The number of nitrogens with two attached hydrogens (primary N) is 1. The van der Waals surface area contributed by atoms with Gasteiger partial charge in [-0.3, -0.25) is 9.93 Å². The number of nitrogens with zero attached hydrogens (tertiary/aromatic N) is 1. The fourth-order valence-corrected chi connectivity index (χ4v) is 3.16. The van der Waals surface area contributed by atoms with Gasteiger partial charge in [-0.1, -0.05) is 11.9 Å². The Bertz CT molecular complexity index is 348. The Balaban J connectivity index is 3.56. The minimum atomic E-state index is -3.08. The van der Waals surface area contributed by atoms with Crippen LogP contribution < -0.4 is 5.14 Å². The molecule has 0 aromatic heterocycles. The van der Waals surface area contributed by atoms with Crippen LogP contribution in [-0.2, 0) is 19.4 Å². The van der Waals surface area contributed by atoms with E-state index in [1.165, 1.54) is 0 Å². The van der Waals surface area contributed by atoms with Gasteiger partial charge in [0.05, 0.1) is 31.1 Å². The van der Waals surface area contributed by atoms with E-state index in [0.717, 1.165) is 11.9 Å². The maximum absolute atomic E-state index is 11.4. The molecule has 0 radical (unpaired) electrons. The first kappa shape index (κ1) is 18.7. The molecule has 0 fully saturated rings. The zero-order valence-electron chi connectivity index (χ0n) is 11.1. The van der Waals surface area contributed by atoms with E-state index in [9.17, 15) is 13.2 Å². The lowest BCUT2D eigenvalue weighted by Crippen LogP contribution is -2.26. The number of rotatable bonds is 12. The summed E-state index contributed by atoms with van der Waals surface area (Å²) in [6, 6.07) is 0. The number of aliphatic carboxylic acids is 1. The summed E-state index contributed by atoms with van der Waals surface area (Å²) in [5.41, 5.74) is 0. The molecule has 0 saturated heterocycles. The van der Waals surface area contributed by atoms with Crippen molar-refractivity contribution in [1.82, 2.24) is 4.90 Å². The summed E-state index contributed by atoms with van der Waals surface area (Å²) in [5, 5.41) is 13.7. The summed E-state index contributed by atoms with van der Waals surface area (Å²) in [5.74, 6) is -0.389. The number of hydrogen-bond acceptors (Lipinski definition) is 7. The third kappa shape index (κ3) is 12.4. The Kier molecular flexibility index (Phi) is 10.2. The SMILES string of the molecule is CN(CCOCCS(=O)(=O)CCSN)CCC(=O)O. The van der Waals surface area contributed by atoms with E-state index in [1.54, 1.807) is 7.05 Å². The van der Waals surface area contributed by atoms with Gasteiger partial charge in [-0.2, -0.15) is 0 Å². The van der Waals surface area contributed by atoms with Crippen molar-refractivity contribution in [1.29, 1.82) is 0 Å². The molecule has 0 aliphatic heterocycles. The highest BCUT2D eigenvalue weighted by molar-refractivity contribution is 7.98. The van der Waals surface area contributed by atoms with Gasteiger partial charge in [0.15, 0.2) is 9.84 Å². The molecule has 0 saturated carbocycles. The summed E-state index contributed by atoms with van der Waals surface area (Å²) in [4.78, 5) is 12.2. The smallest absolute Gasteiger partial charge is 0.304 e. The highest BCUT2D eigenvalue weighted by Crippen LogP contribution is 1.96. The van der Waals surface area contributed by atoms with Crippen LogP contribution in [0.25, 0.3) is 0 Å². The maximum atomic E-state index is 11.4. The molecular formula is C10H22N2O5S2. The van der Waals surface area contributed by atoms with Gasteiger partial charge in [0.2, 0.25) is 0 Å². The van der Waals surface area contributed by atoms with Crippen LogP contribution in [0.5, 0.6) is 0 Å². The Hall–Kier alpha value is -0.350. The van der Waals surface area contributed by atoms with E-state index < -0.39 is 15.8 Å². The van der Waals surface area contributed by atoms with Crippen molar-refractivity contribution in [3.05, 3.63) is 0 Å². The van der Waals surface area contributed by atoms with Gasteiger partial charge < -0.3 is 14.7 Å². The van der Waals surface area contributed by atoms with Gasteiger partial charge in [-0.05, 0) is 7.05 Å². The Morgan fingerprint density at radius 2 is 2.00 bits per heavy atom. The summed E-state index contributed by atoms with van der Waals surface area (Å²) in [6.45, 7) is 1.57. The van der Waals surface area contributed by atoms with E-state index in [2.05, 4.69) is 0 Å². The molecular weight excluding hydrogens is 292 g/mol. The van der Waals surface area contributed by atoms with E-state index in [0.29, 0.717) is 25.4 Å². The van der Waals surface area contributed by atoms with Gasteiger partial charge in [0.1, 0.15) is 0 Å². The minimum absolute atomic E-state index is 0.00754. The number of carboxylic acids is 1. The fraction of sp³-hybridized carbons (Fsp3) is 0.900. The molecule has 0 amide bonds. The monoisotopic (exact) mass is 314 g/mol. The minimum Gasteiger partial charge on any atom is -0.481 e. The lowest BCUT2D eigenvalue weighted by Gasteiger charge is -2.15. The number of likely N-dealkylation sites (N-methyl/N-ethyl adjacent to an activating group) is 1. The number of ether oxygens (including phenoxy) is 1. The lowest BCUT2D eigenvalue weighted by molar-refractivity contribution is -0.137. The van der Waals surface area contributed by atoms with Gasteiger partial charge in [-0.15, -0.1) is 0 Å². The molecule has 0 atom stereocenters. The fourth-order valence-electron chi connectivity index (χ4n) is 1.18. The molecule has 0 unspecified atom stereocenters. The first-order valence-electron chi connectivity index (χ1n) is 5.87. The molecule has 0 heterocycles. The van der Waals surface area contributed by atoms with Gasteiger partial charge in [-0.25, -0.2) is 8.42 Å². The molecule has 0 rings (SSSR count). The van der Waals surface area contributed by atoms with E-state index in [1.807, 2.05) is 4.90 Å². The normalized spacial score (nSPS) is 11.9. The third-order valence-electron chi connectivity index (χ3n) is 2.38. The van der Waals surface area contributed by atoms with Crippen LogP contribution in [0, 0.1) is 0 Å². The number of hydrogen-bond donors (Lipinski definition) is 2. The number of carboxylic acid groups (broad SMARTS) is 1. The second-order valence-electron chi connectivity index (χ2n) is 4.08. The van der Waals surface area contributed by atoms with Crippen LogP contribution in [0.3, 0.4) is 0 Å². The van der Waals surface area contributed by atoms with E-state index in [4.69, 9.17) is 15.0 Å². The van der Waals surface area contributed by atoms with Crippen LogP contribution >= 0.6 is 11.9 Å². The average Bonchev–Trinajstić information content (AvgIpc) is 2.33. The molecule has 0 aromatic carbocycles. The zero-order chi connectivity index (χ0) is 14.7. The van der Waals surface area contributed by atoms with Crippen molar-refractivity contribution in [2.75, 3.05) is 50.6 Å². The van der Waals surface area contributed by atoms with Crippen LogP contribution in [0.1, 0.15) is 6.42 Å². The van der Waals surface area contributed by atoms with Gasteiger partial charge in [0.25, 0.3) is 0 Å². The summed E-state index contributed by atoms with van der Waals surface area (Å²) in [7, 11) is -1.29. The standard InChI is InChI=1S/C10H22N2O5S2/c1-12(3-2-10(13)14)4-5-17-6-8-19(15,16)9-7-18-11/h2-9,11H2,1H3,(H,13,14). The predicted molar refractivity (Wildman–Crippen MR) is 75.9 cm³/mol. The molecule has 0 aliphatic rings. The van der Waals surface area contributed by atoms with Crippen LogP contribution in [0.4, 0.5) is 0 Å². The summed E-state index contributed by atoms with van der Waals surface area (Å²) in [6.07, 6.45) is 0.0850. The van der Waals surface area contributed by atoms with Crippen molar-refractivity contribution in [2.45, 2.75) is 6.42 Å². The second-order valence-corrected chi connectivity index (χ2v) is 7.13. The zero-order valence-corrected chi connectivity index (χ0v) is 12.7. The van der Waals surface area contributed by atoms with Crippen LogP contribution in [0.15, 0.2) is 0 Å². The van der Waals surface area contributed by atoms with Crippen molar-refractivity contribution in [3.63, 3.8) is 0 Å². The summed E-state index contributed by atoms with van der Waals surface area (Å²) < 4.78 is 28.1. The number of sulfone groups is 1. The van der Waals surface area contributed by atoms with Crippen molar-refractivity contribution < 1.29 is 23.1 Å². The largest absolute Gasteiger partial charge is 0.481 e. The topological polar surface area (TPSA) is 110 Å². The maximum Gasteiger partial charge on any atom is 0.304 e.